The molecule has 0 fully saturated rings. The van der Waals surface area contributed by atoms with E-state index in [1.807, 2.05) is 54.6 Å². The lowest BCUT2D eigenvalue weighted by molar-refractivity contribution is -0.135. The zero-order valence-corrected chi connectivity index (χ0v) is 19.6. The molecule has 2 aromatic carbocycles. The Bertz CT molecular complexity index is 1130. The molecule has 0 saturated heterocycles. The Labute approximate surface area is 201 Å². The van der Waals surface area contributed by atoms with Gasteiger partial charge in [0.2, 0.25) is 0 Å². The normalized spacial score (nSPS) is 14.4. The van der Waals surface area contributed by atoms with Gasteiger partial charge >= 0.3 is 6.18 Å². The maximum atomic E-state index is 13.3. The number of rotatable bonds is 9. The van der Waals surface area contributed by atoms with E-state index in [9.17, 15) is 23.1 Å². The molecule has 0 bridgehead atoms. The Morgan fingerprint density at radius 2 is 1.79 bits per heavy atom. The summed E-state index contributed by atoms with van der Waals surface area (Å²) in [5, 5.41) is 21.9. The minimum Gasteiger partial charge on any atom is -0.379 e. The zero-order chi connectivity index (χ0) is 25.4. The zero-order valence-electron chi connectivity index (χ0n) is 18.8. The molecule has 0 aromatic heterocycles. The van der Waals surface area contributed by atoms with E-state index in [2.05, 4.69) is 11.9 Å². The van der Waals surface area contributed by atoms with Crippen molar-refractivity contribution < 1.29 is 23.1 Å². The number of hydrogen-bond donors (Lipinski definition) is 2. The molecule has 1 atom stereocenters. The third-order valence-corrected chi connectivity index (χ3v) is 6.22. The number of carbonyl (C=O) groups excluding carboxylic acids is 1. The van der Waals surface area contributed by atoms with Crippen molar-refractivity contribution in [3.8, 4) is 6.07 Å². The van der Waals surface area contributed by atoms with Crippen molar-refractivity contribution in [1.82, 2.24) is 5.32 Å². The molecule has 0 aliphatic carbocycles. The van der Waals surface area contributed by atoms with E-state index in [0.717, 1.165) is 22.1 Å². The fraction of sp³-hybridized carbons (Fsp3) is 0.231. The van der Waals surface area contributed by atoms with Gasteiger partial charge in [-0.2, -0.15) is 18.4 Å². The summed E-state index contributed by atoms with van der Waals surface area (Å²) in [5.41, 5.74) is -1.78. The van der Waals surface area contributed by atoms with Crippen LogP contribution < -0.4 is 5.32 Å². The highest BCUT2D eigenvalue weighted by Gasteiger charge is 2.35. The number of benzene rings is 2. The molecule has 0 spiro atoms. The SMILES string of the molecule is C=CC(C#N)=C(C=C(C)NC(=O)C(C)(O)CSc1ccccc1Cc1ccccc1)C(F)(F)F. The van der Waals surface area contributed by atoms with E-state index < -0.39 is 28.8 Å². The summed E-state index contributed by atoms with van der Waals surface area (Å²) in [6.07, 6.45) is -2.69. The Morgan fingerprint density at radius 3 is 2.38 bits per heavy atom. The number of carbonyl (C=O) groups is 1. The summed E-state index contributed by atoms with van der Waals surface area (Å²) in [5.74, 6) is -0.872. The standard InChI is InChI=1S/C26H25F3N2O2S/c1-4-20(16-30)22(26(27,28)29)14-18(2)31-24(32)25(3,33)17-34-23-13-9-8-12-21(23)15-19-10-6-5-7-11-19/h4-14,33H,1,15,17H2,2-3H3,(H,31,32). The molecular weight excluding hydrogens is 461 g/mol. The van der Waals surface area contributed by atoms with Crippen molar-refractivity contribution in [1.29, 1.82) is 5.26 Å². The first-order valence-corrected chi connectivity index (χ1v) is 11.3. The van der Waals surface area contributed by atoms with E-state index >= 15 is 0 Å². The van der Waals surface area contributed by atoms with Crippen molar-refractivity contribution >= 4 is 17.7 Å². The molecule has 1 amide bonds. The van der Waals surface area contributed by atoms with Crippen molar-refractivity contribution in [3.05, 3.63) is 101 Å². The first-order valence-electron chi connectivity index (χ1n) is 10.3. The molecule has 2 aromatic rings. The Balaban J connectivity index is 2.14. The molecule has 8 heteroatoms. The van der Waals surface area contributed by atoms with Gasteiger partial charge in [-0.15, -0.1) is 11.8 Å². The van der Waals surface area contributed by atoms with Gasteiger partial charge in [0.15, 0.2) is 0 Å². The second-order valence-corrected chi connectivity index (χ2v) is 8.77. The summed E-state index contributed by atoms with van der Waals surface area (Å²) >= 11 is 1.28. The van der Waals surface area contributed by atoms with Gasteiger partial charge in [0.1, 0.15) is 5.60 Å². The van der Waals surface area contributed by atoms with Gasteiger partial charge in [-0.3, -0.25) is 4.79 Å². The van der Waals surface area contributed by atoms with Crippen LogP contribution in [0.3, 0.4) is 0 Å². The Morgan fingerprint density at radius 1 is 1.18 bits per heavy atom. The maximum Gasteiger partial charge on any atom is 0.417 e. The van der Waals surface area contributed by atoms with Crippen LogP contribution in [0.25, 0.3) is 0 Å². The molecule has 0 radical (unpaired) electrons. The van der Waals surface area contributed by atoms with Crippen LogP contribution in [0.2, 0.25) is 0 Å². The number of alkyl halides is 3. The van der Waals surface area contributed by atoms with Gasteiger partial charge in [-0.05, 0) is 43.5 Å². The van der Waals surface area contributed by atoms with Gasteiger partial charge in [-0.25, -0.2) is 0 Å². The quantitative estimate of drug-likeness (QED) is 0.271. The highest BCUT2D eigenvalue weighted by atomic mass is 32.2. The molecule has 178 valence electrons. The average Bonchev–Trinajstić information content (AvgIpc) is 2.78. The van der Waals surface area contributed by atoms with Crippen LogP contribution in [0, 0.1) is 11.3 Å². The van der Waals surface area contributed by atoms with Gasteiger partial charge in [-0.1, -0.05) is 61.2 Å². The third kappa shape index (κ3) is 7.65. The number of thioether (sulfide) groups is 1. The predicted molar refractivity (Wildman–Crippen MR) is 128 cm³/mol. The van der Waals surface area contributed by atoms with Crippen LogP contribution in [0.4, 0.5) is 13.2 Å². The molecule has 0 aliphatic heterocycles. The number of nitrogens with zero attached hydrogens (tertiary/aromatic N) is 1. The molecule has 34 heavy (non-hydrogen) atoms. The lowest BCUT2D eigenvalue weighted by Gasteiger charge is -2.23. The van der Waals surface area contributed by atoms with Crippen molar-refractivity contribution in [2.75, 3.05) is 5.75 Å². The molecule has 2 N–H and O–H groups in total. The van der Waals surface area contributed by atoms with Crippen LogP contribution in [0.1, 0.15) is 25.0 Å². The topological polar surface area (TPSA) is 73.1 Å². The van der Waals surface area contributed by atoms with Crippen LogP contribution in [-0.4, -0.2) is 28.5 Å². The summed E-state index contributed by atoms with van der Waals surface area (Å²) in [4.78, 5) is 13.5. The fourth-order valence-corrected chi connectivity index (χ4v) is 4.05. The minimum absolute atomic E-state index is 0.0179. The fourth-order valence-electron chi connectivity index (χ4n) is 2.98. The van der Waals surface area contributed by atoms with Crippen LogP contribution in [-0.2, 0) is 11.2 Å². The number of hydrogen-bond acceptors (Lipinski definition) is 4. The van der Waals surface area contributed by atoms with Gasteiger partial charge < -0.3 is 10.4 Å². The van der Waals surface area contributed by atoms with Crippen LogP contribution in [0.15, 0.2) is 95.1 Å². The van der Waals surface area contributed by atoms with Gasteiger partial charge in [0.05, 0.1) is 17.2 Å². The number of halogens is 3. The lowest BCUT2D eigenvalue weighted by atomic mass is 10.1. The largest absolute Gasteiger partial charge is 0.417 e. The molecule has 1 unspecified atom stereocenters. The Hall–Kier alpha value is -3.28. The van der Waals surface area contributed by atoms with E-state index in [1.165, 1.54) is 31.7 Å². The second kappa shape index (κ2) is 11.7. The molecule has 2 rings (SSSR count). The smallest absolute Gasteiger partial charge is 0.379 e. The number of nitriles is 1. The van der Waals surface area contributed by atoms with Crippen molar-refractivity contribution in [3.63, 3.8) is 0 Å². The molecule has 0 aliphatic rings. The second-order valence-electron chi connectivity index (χ2n) is 7.76. The predicted octanol–water partition coefficient (Wildman–Crippen LogP) is 5.71. The maximum absolute atomic E-state index is 13.3. The molecule has 4 nitrogen and oxygen atoms in total. The monoisotopic (exact) mass is 486 g/mol. The van der Waals surface area contributed by atoms with Crippen molar-refractivity contribution in [2.24, 2.45) is 0 Å². The first-order chi connectivity index (χ1) is 16.0. The van der Waals surface area contributed by atoms with Crippen LogP contribution in [0.5, 0.6) is 0 Å². The third-order valence-electron chi connectivity index (χ3n) is 4.80. The van der Waals surface area contributed by atoms with E-state index in [0.29, 0.717) is 12.5 Å². The molecule has 0 saturated carbocycles. The van der Waals surface area contributed by atoms with E-state index in [-0.39, 0.29) is 11.4 Å². The van der Waals surface area contributed by atoms with Crippen molar-refractivity contribution in [2.45, 2.75) is 36.9 Å². The number of amides is 1. The van der Waals surface area contributed by atoms with E-state index in [1.54, 1.807) is 0 Å². The summed E-state index contributed by atoms with van der Waals surface area (Å²) in [7, 11) is 0. The molecular formula is C26H25F3N2O2S. The first kappa shape index (κ1) is 27.0. The van der Waals surface area contributed by atoms with E-state index in [4.69, 9.17) is 5.26 Å². The molecule has 0 heterocycles. The van der Waals surface area contributed by atoms with Gasteiger partial charge in [0, 0.05) is 16.3 Å². The number of allylic oxidation sites excluding steroid dienone is 5. The highest BCUT2D eigenvalue weighted by molar-refractivity contribution is 7.99. The van der Waals surface area contributed by atoms with Crippen LogP contribution >= 0.6 is 11.8 Å². The summed E-state index contributed by atoms with van der Waals surface area (Å²) < 4.78 is 39.9. The summed E-state index contributed by atoms with van der Waals surface area (Å²) in [6, 6.07) is 18.9. The number of nitrogens with one attached hydrogen (secondary N) is 1. The summed E-state index contributed by atoms with van der Waals surface area (Å²) in [6.45, 7) is 5.77. The lowest BCUT2D eigenvalue weighted by Crippen LogP contribution is -2.45. The minimum atomic E-state index is -4.81. The highest BCUT2D eigenvalue weighted by Crippen LogP contribution is 2.31. The number of aliphatic hydroxyl groups is 1. The average molecular weight is 487 g/mol. The Kier molecular flexibility index (Phi) is 9.30. The van der Waals surface area contributed by atoms with Gasteiger partial charge in [0.25, 0.3) is 5.91 Å².